The number of ether oxygens (including phenoxy) is 2. The lowest BCUT2D eigenvalue weighted by molar-refractivity contribution is -0.0000803. The smallest absolute Gasteiger partial charge is 0.304 e. The third-order valence-corrected chi connectivity index (χ3v) is 13.1. The van der Waals surface area contributed by atoms with Crippen LogP contribution in [0.15, 0.2) is 86.0 Å². The maximum Gasteiger partial charge on any atom is 0.304 e. The first kappa shape index (κ1) is 37.9. The Morgan fingerprint density at radius 1 is 1.19 bits per heavy atom. The topological polar surface area (TPSA) is 108 Å². The average molecular weight is 748 g/mol. The van der Waals surface area contributed by atoms with E-state index in [0.29, 0.717) is 48.6 Å². The summed E-state index contributed by atoms with van der Waals surface area (Å²) in [5.74, 6) is 1.19. The number of anilines is 1. The van der Waals surface area contributed by atoms with Crippen molar-refractivity contribution in [2.24, 2.45) is 17.8 Å². The van der Waals surface area contributed by atoms with Crippen LogP contribution >= 0.6 is 11.6 Å². The van der Waals surface area contributed by atoms with Crippen molar-refractivity contribution in [3.8, 4) is 11.5 Å². The SMILES string of the molecule is C=CC[C@H](C)N(Cc1ccc(OC)cc1)S(=O)(=O)NC(=O)c1ccc2c(c1)N(CC1[C@H](C)C[C@H]1[C@@H](O)C=C)C[C@@]1(CCCc3cc(Cl)ccc31)CO2. The van der Waals surface area contributed by atoms with Crippen LogP contribution < -0.4 is 19.1 Å². The van der Waals surface area contributed by atoms with E-state index in [1.807, 2.05) is 6.07 Å². The van der Waals surface area contributed by atoms with Crippen LogP contribution in [0.4, 0.5) is 5.69 Å². The van der Waals surface area contributed by atoms with Crippen molar-refractivity contribution in [3.05, 3.63) is 113 Å². The molecule has 6 rings (SSSR count). The van der Waals surface area contributed by atoms with E-state index >= 15 is 0 Å². The molecule has 1 aliphatic heterocycles. The minimum absolute atomic E-state index is 0.0550. The summed E-state index contributed by atoms with van der Waals surface area (Å²) in [5.41, 5.74) is 3.79. The zero-order valence-corrected chi connectivity index (χ0v) is 31.8. The summed E-state index contributed by atoms with van der Waals surface area (Å²) >= 11 is 6.44. The maximum absolute atomic E-state index is 13.9. The van der Waals surface area contributed by atoms with E-state index in [-0.39, 0.29) is 29.4 Å². The molecule has 3 aliphatic rings. The molecule has 1 unspecified atom stereocenters. The Bertz CT molecular complexity index is 1900. The number of fused-ring (bicyclic) bond motifs is 3. The van der Waals surface area contributed by atoms with Gasteiger partial charge in [0.05, 0.1) is 25.5 Å². The van der Waals surface area contributed by atoms with Crippen LogP contribution in [0.3, 0.4) is 0 Å². The van der Waals surface area contributed by atoms with Crippen molar-refractivity contribution in [1.82, 2.24) is 9.03 Å². The first-order valence-corrected chi connectivity index (χ1v) is 19.9. The lowest BCUT2D eigenvalue weighted by Crippen LogP contribution is -2.51. The molecule has 1 saturated carbocycles. The van der Waals surface area contributed by atoms with Gasteiger partial charge in [0.25, 0.3) is 5.91 Å². The first-order chi connectivity index (χ1) is 24.9. The van der Waals surface area contributed by atoms with Crippen molar-refractivity contribution in [2.75, 3.05) is 31.7 Å². The van der Waals surface area contributed by atoms with Gasteiger partial charge < -0.3 is 19.5 Å². The van der Waals surface area contributed by atoms with Gasteiger partial charge in [-0.15, -0.1) is 13.2 Å². The molecule has 3 aromatic rings. The van der Waals surface area contributed by atoms with E-state index in [0.717, 1.165) is 36.9 Å². The lowest BCUT2D eigenvalue weighted by Gasteiger charge is -2.48. The van der Waals surface area contributed by atoms with Crippen LogP contribution in [0.5, 0.6) is 11.5 Å². The summed E-state index contributed by atoms with van der Waals surface area (Å²) in [6, 6.07) is 17.9. The zero-order chi connectivity index (χ0) is 37.2. The van der Waals surface area contributed by atoms with E-state index in [1.165, 1.54) is 15.4 Å². The van der Waals surface area contributed by atoms with E-state index in [2.05, 4.69) is 41.8 Å². The Morgan fingerprint density at radius 3 is 2.65 bits per heavy atom. The summed E-state index contributed by atoms with van der Waals surface area (Å²) in [6.07, 6.45) is 6.82. The van der Waals surface area contributed by atoms with Crippen LogP contribution in [-0.4, -0.2) is 62.7 Å². The number of aryl methyl sites for hydroxylation is 1. The van der Waals surface area contributed by atoms with Crippen LogP contribution in [0.1, 0.15) is 66.6 Å². The van der Waals surface area contributed by atoms with Gasteiger partial charge in [0, 0.05) is 41.7 Å². The number of aliphatic hydroxyl groups excluding tert-OH is 1. The number of rotatable bonds is 13. The second-order valence-electron chi connectivity index (χ2n) is 14.8. The molecule has 1 spiro atoms. The summed E-state index contributed by atoms with van der Waals surface area (Å²) in [6.45, 7) is 13.4. The number of carbonyl (C=O) groups is 1. The normalized spacial score (nSPS) is 23.7. The van der Waals surface area contributed by atoms with E-state index in [4.69, 9.17) is 21.1 Å². The highest BCUT2D eigenvalue weighted by molar-refractivity contribution is 7.87. The van der Waals surface area contributed by atoms with Gasteiger partial charge in [0.2, 0.25) is 0 Å². The van der Waals surface area contributed by atoms with Crippen LogP contribution in [0.2, 0.25) is 5.02 Å². The Balaban J connectivity index is 1.32. The maximum atomic E-state index is 13.9. The number of nitrogens with one attached hydrogen (secondary N) is 1. The molecule has 0 bridgehead atoms. The standard InChI is InChI=1S/C41H50ClN3O6S/c1-6-9-28(4)45(23-29-11-15-33(50-5)16-12-29)52(48,49)43-40(47)31-13-18-39-37(22-31)44(24-35-27(3)20-34(35)38(46)7-2)25-41(26-51-39)19-8-10-30-21-32(42)14-17-36(30)41/h6-7,11-18,21-22,27-28,34-35,38,46H,1-2,8-10,19-20,23-26H2,3-5H3,(H,43,47)/t27-,28+,34-,35?,38+,41+/m1/s1. The Morgan fingerprint density at radius 2 is 1.96 bits per heavy atom. The highest BCUT2D eigenvalue weighted by atomic mass is 35.5. The fraction of sp³-hybridized carbons (Fsp3) is 0.439. The van der Waals surface area contributed by atoms with Gasteiger partial charge in [-0.1, -0.05) is 48.9 Å². The number of halogens is 1. The predicted octanol–water partition coefficient (Wildman–Crippen LogP) is 7.08. The van der Waals surface area contributed by atoms with E-state index in [9.17, 15) is 18.3 Å². The quantitative estimate of drug-likeness (QED) is 0.180. The predicted molar refractivity (Wildman–Crippen MR) is 206 cm³/mol. The van der Waals surface area contributed by atoms with Crippen molar-refractivity contribution < 1.29 is 27.8 Å². The Kier molecular flexibility index (Phi) is 11.4. The Labute approximate surface area is 313 Å². The Hall–Kier alpha value is -3.83. The van der Waals surface area contributed by atoms with E-state index in [1.54, 1.807) is 68.7 Å². The van der Waals surface area contributed by atoms with Crippen LogP contribution in [-0.2, 0) is 28.6 Å². The summed E-state index contributed by atoms with van der Waals surface area (Å²) < 4.78 is 43.4. The molecule has 2 N–H and O–H groups in total. The summed E-state index contributed by atoms with van der Waals surface area (Å²) in [7, 11) is -2.71. The molecule has 1 fully saturated rings. The minimum atomic E-state index is -4.29. The van der Waals surface area contributed by atoms with Crippen molar-refractivity contribution in [1.29, 1.82) is 0 Å². The second-order valence-corrected chi connectivity index (χ2v) is 16.8. The monoisotopic (exact) mass is 747 g/mol. The van der Waals surface area contributed by atoms with Gasteiger partial charge in [0.1, 0.15) is 11.5 Å². The molecule has 1 heterocycles. The molecule has 0 aromatic heterocycles. The zero-order valence-electron chi connectivity index (χ0n) is 30.3. The molecule has 2 aliphatic carbocycles. The van der Waals surface area contributed by atoms with Gasteiger partial charge in [-0.25, -0.2) is 4.72 Å². The molecule has 6 atom stereocenters. The number of nitrogens with zero attached hydrogens (tertiary/aromatic N) is 2. The number of aliphatic hydroxyl groups is 1. The third-order valence-electron chi connectivity index (χ3n) is 11.4. The molecule has 0 radical (unpaired) electrons. The van der Waals surface area contributed by atoms with Gasteiger partial charge in [-0.05, 0) is 116 Å². The molecule has 9 nitrogen and oxygen atoms in total. The molecular weight excluding hydrogens is 698 g/mol. The van der Waals surface area contributed by atoms with Gasteiger partial charge in [-0.3, -0.25) is 4.79 Å². The van der Waals surface area contributed by atoms with Gasteiger partial charge >= 0.3 is 10.2 Å². The van der Waals surface area contributed by atoms with Crippen molar-refractivity contribution >= 4 is 33.4 Å². The van der Waals surface area contributed by atoms with Crippen LogP contribution in [0.25, 0.3) is 0 Å². The number of benzene rings is 3. The number of hydrogen-bond acceptors (Lipinski definition) is 7. The highest BCUT2D eigenvalue weighted by Crippen LogP contribution is 2.48. The number of methoxy groups -OCH3 is 1. The highest BCUT2D eigenvalue weighted by Gasteiger charge is 2.46. The van der Waals surface area contributed by atoms with Crippen LogP contribution in [0, 0.1) is 17.8 Å². The molecule has 1 amide bonds. The summed E-state index contributed by atoms with van der Waals surface area (Å²) in [4.78, 5) is 16.2. The molecule has 278 valence electrons. The fourth-order valence-electron chi connectivity index (χ4n) is 8.38. The molecule has 11 heteroatoms. The number of carbonyl (C=O) groups excluding carboxylic acids is 1. The van der Waals surface area contributed by atoms with Gasteiger partial charge in [-0.2, -0.15) is 12.7 Å². The number of amides is 1. The molecule has 52 heavy (non-hydrogen) atoms. The summed E-state index contributed by atoms with van der Waals surface area (Å²) in [5, 5.41) is 11.5. The van der Waals surface area contributed by atoms with Gasteiger partial charge in [0.15, 0.2) is 0 Å². The third kappa shape index (κ3) is 7.76. The fourth-order valence-corrected chi connectivity index (χ4v) is 9.92. The number of hydrogen-bond donors (Lipinski definition) is 2. The largest absolute Gasteiger partial charge is 0.497 e. The molecular formula is C41H50ClN3O6S. The molecule has 3 aromatic carbocycles. The first-order valence-electron chi connectivity index (χ1n) is 18.1. The van der Waals surface area contributed by atoms with E-state index < -0.39 is 28.3 Å². The van der Waals surface area contributed by atoms with Crippen molar-refractivity contribution in [2.45, 2.75) is 70.1 Å². The minimum Gasteiger partial charge on any atom is -0.497 e. The van der Waals surface area contributed by atoms with Crippen molar-refractivity contribution in [3.63, 3.8) is 0 Å². The second kappa shape index (κ2) is 15.6. The lowest BCUT2D eigenvalue weighted by atomic mass is 9.62. The molecule has 0 saturated heterocycles. The average Bonchev–Trinajstić information content (AvgIpc) is 3.28.